The highest BCUT2D eigenvalue weighted by Crippen LogP contribution is 2.54. The Morgan fingerprint density at radius 1 is 1.35 bits per heavy atom. The Kier molecular flexibility index (Phi) is 5.66. The first-order valence-electron chi connectivity index (χ1n) is 11.3. The number of carbonyl (C=O) groups is 2. The summed E-state index contributed by atoms with van der Waals surface area (Å²) < 4.78 is 1.65. The smallest absolute Gasteiger partial charge is 0.274 e. The summed E-state index contributed by atoms with van der Waals surface area (Å²) in [5.41, 5.74) is 0.914. The molecule has 0 radical (unpaired) electrons. The van der Waals surface area contributed by atoms with Crippen LogP contribution in [0.3, 0.4) is 0 Å². The molecule has 0 aromatic carbocycles. The fourth-order valence-corrected chi connectivity index (χ4v) is 5.53. The number of aromatic amines is 1. The van der Waals surface area contributed by atoms with Gasteiger partial charge in [-0.3, -0.25) is 14.3 Å². The first kappa shape index (κ1) is 21.6. The van der Waals surface area contributed by atoms with Gasteiger partial charge in [0.1, 0.15) is 11.5 Å². The average Bonchev–Trinajstić information content (AvgIpc) is 3.49. The minimum absolute atomic E-state index is 0.0448. The van der Waals surface area contributed by atoms with Crippen molar-refractivity contribution < 1.29 is 9.59 Å². The van der Waals surface area contributed by atoms with Crippen molar-refractivity contribution >= 4 is 11.8 Å². The number of hydrogen-bond acceptors (Lipinski definition) is 4. The van der Waals surface area contributed by atoms with Crippen LogP contribution in [0.1, 0.15) is 68.0 Å². The van der Waals surface area contributed by atoms with Crippen LogP contribution in [0.4, 0.5) is 0 Å². The van der Waals surface area contributed by atoms with Gasteiger partial charge in [0.2, 0.25) is 5.91 Å². The molecule has 2 aliphatic rings. The molecule has 2 fully saturated rings. The lowest BCUT2D eigenvalue weighted by atomic mass is 9.69. The molecule has 1 N–H and O–H groups in total. The predicted octanol–water partition coefficient (Wildman–Crippen LogP) is 2.91. The molecule has 0 saturated carbocycles. The van der Waals surface area contributed by atoms with Gasteiger partial charge in [-0.25, -0.2) is 4.98 Å². The van der Waals surface area contributed by atoms with E-state index in [4.69, 9.17) is 0 Å². The van der Waals surface area contributed by atoms with Crippen LogP contribution in [0.5, 0.6) is 0 Å². The van der Waals surface area contributed by atoms with E-state index in [0.29, 0.717) is 18.2 Å². The Morgan fingerprint density at radius 3 is 2.74 bits per heavy atom. The van der Waals surface area contributed by atoms with Gasteiger partial charge in [0, 0.05) is 44.3 Å². The molecule has 2 aromatic heterocycles. The second-order valence-corrected chi connectivity index (χ2v) is 9.80. The Bertz CT molecular complexity index is 963. The maximum atomic E-state index is 13.9. The number of aromatic nitrogens is 4. The Labute approximate surface area is 184 Å². The number of aryl methyl sites for hydroxylation is 2. The van der Waals surface area contributed by atoms with Crippen LogP contribution in [0.2, 0.25) is 0 Å². The van der Waals surface area contributed by atoms with E-state index in [-0.39, 0.29) is 23.9 Å². The van der Waals surface area contributed by atoms with Crippen LogP contribution in [-0.2, 0) is 18.4 Å². The topological polar surface area (TPSA) is 87.1 Å². The minimum Gasteiger partial charge on any atom is -0.345 e. The molecule has 2 saturated heterocycles. The molecule has 8 heteroatoms. The van der Waals surface area contributed by atoms with Crippen molar-refractivity contribution in [2.45, 2.75) is 71.5 Å². The van der Waals surface area contributed by atoms with Crippen molar-refractivity contribution in [3.63, 3.8) is 0 Å². The van der Waals surface area contributed by atoms with Crippen molar-refractivity contribution in [3.8, 4) is 0 Å². The van der Waals surface area contributed by atoms with Crippen molar-refractivity contribution in [2.24, 2.45) is 18.4 Å². The molecule has 0 spiro atoms. The molecule has 2 amide bonds. The summed E-state index contributed by atoms with van der Waals surface area (Å²) in [6.07, 6.45) is 7.92. The fourth-order valence-electron chi connectivity index (χ4n) is 5.53. The molecule has 0 unspecified atom stereocenters. The first-order chi connectivity index (χ1) is 14.7. The number of hydrogen-bond donors (Lipinski definition) is 1. The van der Waals surface area contributed by atoms with Crippen molar-refractivity contribution in [2.75, 3.05) is 7.05 Å². The monoisotopic (exact) mass is 426 g/mol. The van der Waals surface area contributed by atoms with Crippen LogP contribution in [-0.4, -0.2) is 60.5 Å². The van der Waals surface area contributed by atoms with Gasteiger partial charge in [-0.1, -0.05) is 13.8 Å². The largest absolute Gasteiger partial charge is 0.345 e. The quantitative estimate of drug-likeness (QED) is 0.737. The zero-order valence-electron chi connectivity index (χ0n) is 19.3. The summed E-state index contributed by atoms with van der Waals surface area (Å²) in [5.74, 6) is 1.38. The van der Waals surface area contributed by atoms with E-state index in [1.165, 1.54) is 0 Å². The molecule has 4 rings (SSSR count). The lowest BCUT2D eigenvalue weighted by molar-refractivity contribution is -0.144. The molecule has 168 valence electrons. The van der Waals surface area contributed by atoms with E-state index < -0.39 is 5.41 Å². The zero-order valence-corrected chi connectivity index (χ0v) is 19.3. The van der Waals surface area contributed by atoms with Gasteiger partial charge in [0.05, 0.1) is 12.0 Å². The van der Waals surface area contributed by atoms with E-state index >= 15 is 0 Å². The van der Waals surface area contributed by atoms with Crippen LogP contribution < -0.4 is 0 Å². The van der Waals surface area contributed by atoms with Gasteiger partial charge in [0.25, 0.3) is 5.91 Å². The first-order valence-corrected chi connectivity index (χ1v) is 11.3. The second kappa shape index (κ2) is 8.13. The number of rotatable bonds is 7. The highest BCUT2D eigenvalue weighted by Gasteiger charge is 2.61. The molecule has 4 heterocycles. The van der Waals surface area contributed by atoms with Crippen LogP contribution in [0, 0.1) is 18.3 Å². The van der Waals surface area contributed by atoms with Crippen LogP contribution >= 0.6 is 0 Å². The molecular formula is C23H34N6O2. The van der Waals surface area contributed by atoms with Crippen molar-refractivity contribution in [1.82, 2.24) is 29.5 Å². The maximum absolute atomic E-state index is 13.9. The third kappa shape index (κ3) is 3.88. The third-order valence-corrected chi connectivity index (χ3v) is 6.99. The molecule has 3 atom stereocenters. The fraction of sp³-hybridized carbons (Fsp3) is 0.652. The van der Waals surface area contributed by atoms with Gasteiger partial charge in [0.15, 0.2) is 0 Å². The van der Waals surface area contributed by atoms with Gasteiger partial charge in [-0.05, 0) is 51.0 Å². The van der Waals surface area contributed by atoms with Crippen molar-refractivity contribution in [1.29, 1.82) is 0 Å². The number of carbonyl (C=O) groups excluding carboxylic acids is 2. The maximum Gasteiger partial charge on any atom is 0.274 e. The highest BCUT2D eigenvalue weighted by molar-refractivity contribution is 5.95. The molecular weight excluding hydrogens is 392 g/mol. The summed E-state index contributed by atoms with van der Waals surface area (Å²) in [7, 11) is 3.67. The summed E-state index contributed by atoms with van der Waals surface area (Å²) in [4.78, 5) is 38.6. The number of nitrogens with zero attached hydrogens (tertiary/aromatic N) is 5. The highest BCUT2D eigenvalue weighted by atomic mass is 16.2. The number of H-pyrrole nitrogens is 1. The van der Waals surface area contributed by atoms with E-state index in [1.54, 1.807) is 28.0 Å². The van der Waals surface area contributed by atoms with Crippen LogP contribution in [0.25, 0.3) is 0 Å². The number of amides is 2. The molecule has 2 aliphatic heterocycles. The lowest BCUT2D eigenvalue weighted by Gasteiger charge is -2.39. The average molecular weight is 427 g/mol. The number of nitrogens with one attached hydrogen (secondary N) is 1. The molecule has 8 nitrogen and oxygen atoms in total. The second-order valence-electron chi connectivity index (χ2n) is 9.80. The van der Waals surface area contributed by atoms with E-state index in [2.05, 4.69) is 28.9 Å². The number of fused-ring (bicyclic) bond motifs is 2. The van der Waals surface area contributed by atoms with Crippen LogP contribution in [0.15, 0.2) is 18.5 Å². The minimum atomic E-state index is -0.534. The Morgan fingerprint density at radius 2 is 2.13 bits per heavy atom. The van der Waals surface area contributed by atoms with Gasteiger partial charge in [-0.2, -0.15) is 5.10 Å². The summed E-state index contributed by atoms with van der Waals surface area (Å²) >= 11 is 0. The molecule has 2 aromatic rings. The summed E-state index contributed by atoms with van der Waals surface area (Å²) in [6, 6.07) is 1.80. The molecule has 31 heavy (non-hydrogen) atoms. The molecule has 0 aliphatic carbocycles. The van der Waals surface area contributed by atoms with E-state index in [1.807, 2.05) is 25.9 Å². The third-order valence-electron chi connectivity index (χ3n) is 6.99. The summed E-state index contributed by atoms with van der Waals surface area (Å²) in [5, 5.41) is 4.33. The normalized spacial score (nSPS) is 24.9. The standard InChI is InChI=1S/C23H34N6O2/c1-15(2)8-10-23(22(31)27(4)14-20-24-13-16(3)25-20)12-17-6-7-19(23)29(17)21(30)18-9-11-28(5)26-18/h9,11,13,15,17,19H,6-8,10,12,14H2,1-5H3,(H,24,25)/t17-,19+,23+/m1/s1. The Balaban J connectivity index is 1.61. The lowest BCUT2D eigenvalue weighted by Crippen LogP contribution is -2.50. The number of imidazole rings is 1. The van der Waals surface area contributed by atoms with Gasteiger partial charge >= 0.3 is 0 Å². The zero-order chi connectivity index (χ0) is 22.3. The summed E-state index contributed by atoms with van der Waals surface area (Å²) in [6.45, 7) is 6.79. The Hall–Kier alpha value is -2.64. The van der Waals surface area contributed by atoms with Crippen molar-refractivity contribution in [3.05, 3.63) is 35.7 Å². The van der Waals surface area contributed by atoms with Gasteiger partial charge < -0.3 is 14.8 Å². The SMILES string of the molecule is Cc1cnc(CN(C)C(=O)[C@@]2(CCC(C)C)C[C@H]3CC[C@@H]2N3C(=O)c2ccn(C)n2)[nH]1. The van der Waals surface area contributed by atoms with Gasteiger partial charge in [-0.15, -0.1) is 0 Å². The molecule has 2 bridgehead atoms. The predicted molar refractivity (Wildman–Crippen MR) is 117 cm³/mol. The van der Waals surface area contributed by atoms with E-state index in [9.17, 15) is 9.59 Å². The van der Waals surface area contributed by atoms with E-state index in [0.717, 1.165) is 43.6 Å².